The molecule has 0 rings (SSSR count). The Balaban J connectivity index is -0.0000000267. The van der Waals surface area contributed by atoms with E-state index in [-0.39, 0.29) is 50.9 Å². The molecule has 0 aliphatic carbocycles. The first-order valence-corrected chi connectivity index (χ1v) is 4.08. The minimum absolute atomic E-state index is 0. The third-order valence-corrected chi connectivity index (χ3v) is 1.54. The SMILES string of the molecule is Br.Br.Br.CCC[CH2][Sn]. The molecule has 0 N–H and O–H groups in total. The van der Waals surface area contributed by atoms with Crippen molar-refractivity contribution in [3.8, 4) is 0 Å². The number of halogens is 3. The first-order chi connectivity index (χ1) is 2.41. The van der Waals surface area contributed by atoms with Crippen LogP contribution in [0, 0.1) is 0 Å². The zero-order valence-corrected chi connectivity index (χ0v) is 12.8. The van der Waals surface area contributed by atoms with Crippen molar-refractivity contribution in [2.45, 2.75) is 24.2 Å². The van der Waals surface area contributed by atoms with Crippen molar-refractivity contribution >= 4 is 73.5 Å². The standard InChI is InChI=1S/C4H9.3BrH.Sn/c1-3-4-2;;;;/h1,3-4H2,2H3;3*1H;. The van der Waals surface area contributed by atoms with Gasteiger partial charge >= 0.3 is 46.7 Å². The van der Waals surface area contributed by atoms with Gasteiger partial charge in [-0.2, -0.15) is 0 Å². The van der Waals surface area contributed by atoms with E-state index in [1.54, 1.807) is 22.5 Å². The Morgan fingerprint density at radius 1 is 1.12 bits per heavy atom. The summed E-state index contributed by atoms with van der Waals surface area (Å²) in [6.07, 6.45) is 2.80. The number of hydrogen-bond acceptors (Lipinski definition) is 0. The van der Waals surface area contributed by atoms with Crippen molar-refractivity contribution in [2.24, 2.45) is 0 Å². The van der Waals surface area contributed by atoms with Gasteiger partial charge in [-0.05, 0) is 0 Å². The van der Waals surface area contributed by atoms with Crippen LogP contribution < -0.4 is 0 Å². The molecule has 0 aromatic carbocycles. The summed E-state index contributed by atoms with van der Waals surface area (Å²) in [6, 6.07) is 0. The maximum atomic E-state index is 2.23. The molecule has 8 heavy (non-hydrogen) atoms. The molecule has 0 unspecified atom stereocenters. The van der Waals surface area contributed by atoms with Crippen molar-refractivity contribution in [2.75, 3.05) is 0 Å². The molecule has 0 nitrogen and oxygen atoms in total. The second-order valence-corrected chi connectivity index (χ2v) is 2.53. The van der Waals surface area contributed by atoms with E-state index in [4.69, 9.17) is 0 Å². The number of unbranched alkanes of at least 4 members (excludes halogenated alkanes) is 1. The van der Waals surface area contributed by atoms with Crippen molar-refractivity contribution < 1.29 is 0 Å². The molecular weight excluding hydrogens is 406 g/mol. The zero-order chi connectivity index (χ0) is 4.12. The van der Waals surface area contributed by atoms with E-state index in [9.17, 15) is 0 Å². The third kappa shape index (κ3) is 24.0. The Morgan fingerprint density at radius 3 is 1.50 bits per heavy atom. The van der Waals surface area contributed by atoms with E-state index in [0.717, 1.165) is 0 Å². The Morgan fingerprint density at radius 2 is 1.50 bits per heavy atom. The molecule has 0 fully saturated rings. The molecule has 0 aromatic rings. The van der Waals surface area contributed by atoms with E-state index in [2.05, 4.69) is 6.92 Å². The van der Waals surface area contributed by atoms with Gasteiger partial charge < -0.3 is 0 Å². The van der Waals surface area contributed by atoms with Gasteiger partial charge in [-0.25, -0.2) is 0 Å². The normalized spacial score (nSPS) is 5.25. The van der Waals surface area contributed by atoms with Gasteiger partial charge in [-0.1, -0.05) is 0 Å². The molecule has 3 radical (unpaired) electrons. The van der Waals surface area contributed by atoms with Gasteiger partial charge in [0.1, 0.15) is 0 Å². The molecule has 4 heteroatoms. The van der Waals surface area contributed by atoms with Crippen LogP contribution in [-0.2, 0) is 0 Å². The van der Waals surface area contributed by atoms with Crippen LogP contribution in [0.15, 0.2) is 0 Å². The van der Waals surface area contributed by atoms with Crippen LogP contribution in [0.4, 0.5) is 0 Å². The molecule has 0 atom stereocenters. The Hall–Kier alpha value is 2.24. The summed E-state index contributed by atoms with van der Waals surface area (Å²) in [4.78, 5) is 0. The van der Waals surface area contributed by atoms with Crippen molar-refractivity contribution in [1.29, 1.82) is 0 Å². The summed E-state index contributed by atoms with van der Waals surface area (Å²) in [5.74, 6) is 0. The molecule has 53 valence electrons. The quantitative estimate of drug-likeness (QED) is 0.605. The van der Waals surface area contributed by atoms with Gasteiger partial charge in [0.25, 0.3) is 0 Å². The molecule has 0 amide bonds. The summed E-state index contributed by atoms with van der Waals surface area (Å²) < 4.78 is 1.43. The molecule has 0 saturated heterocycles. The summed E-state index contributed by atoms with van der Waals surface area (Å²) in [5.41, 5.74) is 0. The molecule has 0 saturated carbocycles. The first-order valence-electron chi connectivity index (χ1n) is 2.06. The second-order valence-electron chi connectivity index (χ2n) is 1.10. The summed E-state index contributed by atoms with van der Waals surface area (Å²) in [5, 5.41) is 0. The fourth-order valence-corrected chi connectivity index (χ4v) is 1.19. The minimum atomic E-state index is 0. The van der Waals surface area contributed by atoms with Gasteiger partial charge in [-0.15, -0.1) is 50.9 Å². The van der Waals surface area contributed by atoms with E-state index >= 15 is 0 Å². The van der Waals surface area contributed by atoms with E-state index < -0.39 is 0 Å². The van der Waals surface area contributed by atoms with Gasteiger partial charge in [0, 0.05) is 0 Å². The topological polar surface area (TPSA) is 0 Å². The molecular formula is C4H12Br3Sn. The number of hydrogen-bond donors (Lipinski definition) is 0. The Labute approximate surface area is 96.6 Å². The fourth-order valence-electron chi connectivity index (χ4n) is 0.177. The predicted molar refractivity (Wildman–Crippen MR) is 56.4 cm³/mol. The third-order valence-electron chi connectivity index (χ3n) is 0.530. The van der Waals surface area contributed by atoms with E-state index in [1.165, 1.54) is 17.3 Å². The van der Waals surface area contributed by atoms with Crippen LogP contribution in [0.5, 0.6) is 0 Å². The van der Waals surface area contributed by atoms with Crippen LogP contribution >= 0.6 is 50.9 Å². The Bertz CT molecular complexity index is 18.8. The average molecular weight is 419 g/mol. The summed E-state index contributed by atoms with van der Waals surface area (Å²) in [7, 11) is 0. The maximum absolute atomic E-state index is 2.23. The van der Waals surface area contributed by atoms with Crippen LogP contribution in [0.25, 0.3) is 0 Å². The molecule has 0 heterocycles. The summed E-state index contributed by atoms with van der Waals surface area (Å²) in [6.45, 7) is 2.23. The van der Waals surface area contributed by atoms with Gasteiger partial charge in [0.2, 0.25) is 0 Å². The first kappa shape index (κ1) is 22.5. The fraction of sp³-hybridized carbons (Fsp3) is 1.00. The zero-order valence-electron chi connectivity index (χ0n) is 4.85. The van der Waals surface area contributed by atoms with Crippen LogP contribution in [-0.4, -0.2) is 22.5 Å². The van der Waals surface area contributed by atoms with Crippen molar-refractivity contribution in [1.82, 2.24) is 0 Å². The molecule has 0 spiro atoms. The van der Waals surface area contributed by atoms with Crippen LogP contribution in [0.1, 0.15) is 19.8 Å². The molecule has 0 aliphatic heterocycles. The van der Waals surface area contributed by atoms with Crippen LogP contribution in [0.2, 0.25) is 4.44 Å². The van der Waals surface area contributed by atoms with E-state index in [0.29, 0.717) is 0 Å². The van der Waals surface area contributed by atoms with Gasteiger partial charge in [-0.3, -0.25) is 0 Å². The molecule has 0 aliphatic rings. The number of rotatable bonds is 2. The monoisotopic (exact) mass is 417 g/mol. The van der Waals surface area contributed by atoms with Gasteiger partial charge in [0.05, 0.1) is 0 Å². The predicted octanol–water partition coefficient (Wildman–Crippen LogP) is 3.11. The van der Waals surface area contributed by atoms with Crippen molar-refractivity contribution in [3.63, 3.8) is 0 Å². The molecule has 0 bridgehead atoms. The summed E-state index contributed by atoms with van der Waals surface area (Å²) >= 11 is 1.68. The average Bonchev–Trinajstić information content (AvgIpc) is 1.41. The van der Waals surface area contributed by atoms with Gasteiger partial charge in [0.15, 0.2) is 0 Å². The van der Waals surface area contributed by atoms with E-state index in [1.807, 2.05) is 0 Å². The van der Waals surface area contributed by atoms with Crippen molar-refractivity contribution in [3.05, 3.63) is 0 Å². The second kappa shape index (κ2) is 22.8. The molecule has 0 aromatic heterocycles. The Kier molecular flexibility index (Phi) is 64.1. The van der Waals surface area contributed by atoms with Crippen LogP contribution in [0.3, 0.4) is 0 Å².